The van der Waals surface area contributed by atoms with Gasteiger partial charge in [-0.25, -0.2) is 10.9 Å². The molecule has 0 aliphatic heterocycles. The normalized spacial score (nSPS) is 11.2. The summed E-state index contributed by atoms with van der Waals surface area (Å²) in [7, 11) is 0. The molecule has 0 unspecified atom stereocenters. The van der Waals surface area contributed by atoms with Gasteiger partial charge in [0.05, 0.1) is 23.9 Å². The molecule has 2 N–H and O–H groups in total. The zero-order valence-electron chi connectivity index (χ0n) is 19.2. The van der Waals surface area contributed by atoms with E-state index in [1.807, 2.05) is 72.8 Å². The molecule has 186 valence electrons. The van der Waals surface area contributed by atoms with Crippen LogP contribution in [0.3, 0.4) is 0 Å². The number of carbonyl (C=O) groups is 2. The van der Waals surface area contributed by atoms with Gasteiger partial charge in [0, 0.05) is 21.6 Å². The minimum Gasteiger partial charge on any atom is -0.272 e. The summed E-state index contributed by atoms with van der Waals surface area (Å²) in [5, 5.41) is 9.38. The summed E-state index contributed by atoms with van der Waals surface area (Å²) in [6.07, 6.45) is 3.13. The summed E-state index contributed by atoms with van der Waals surface area (Å²) in [6.45, 7) is 0. The lowest BCUT2D eigenvalue weighted by molar-refractivity contribution is -0.119. The smallest absolute Gasteiger partial charge is 0.250 e. The van der Waals surface area contributed by atoms with E-state index in [0.29, 0.717) is 21.6 Å². The molecule has 3 aromatic rings. The van der Waals surface area contributed by atoms with Gasteiger partial charge in [0.15, 0.2) is 0 Å². The van der Waals surface area contributed by atoms with Crippen molar-refractivity contribution in [3.8, 4) is 0 Å². The average Bonchev–Trinajstić information content (AvgIpc) is 2.87. The lowest BCUT2D eigenvalue weighted by Crippen LogP contribution is -2.19. The molecule has 0 saturated heterocycles. The van der Waals surface area contributed by atoms with Gasteiger partial charge in [-0.2, -0.15) is 10.2 Å². The Morgan fingerprint density at radius 3 is 1.44 bits per heavy atom. The number of thioether (sulfide) groups is 2. The maximum atomic E-state index is 12.0. The van der Waals surface area contributed by atoms with Crippen LogP contribution in [0.25, 0.3) is 0 Å². The van der Waals surface area contributed by atoms with Crippen LogP contribution >= 0.6 is 46.7 Å². The highest BCUT2D eigenvalue weighted by molar-refractivity contribution is 7.99. The Balaban J connectivity index is 1.32. The molecule has 0 spiro atoms. The molecule has 36 heavy (non-hydrogen) atoms. The van der Waals surface area contributed by atoms with Crippen molar-refractivity contribution in [3.63, 3.8) is 0 Å². The minimum absolute atomic E-state index is 0.187. The van der Waals surface area contributed by atoms with Crippen molar-refractivity contribution in [2.75, 3.05) is 11.5 Å². The number of nitrogens with zero attached hydrogens (tertiary/aromatic N) is 2. The van der Waals surface area contributed by atoms with Crippen LogP contribution in [0, 0.1) is 0 Å². The van der Waals surface area contributed by atoms with E-state index >= 15 is 0 Å². The van der Waals surface area contributed by atoms with Gasteiger partial charge in [-0.3, -0.25) is 9.59 Å². The van der Waals surface area contributed by atoms with E-state index in [9.17, 15) is 9.59 Å². The third kappa shape index (κ3) is 10.1. The third-order valence-corrected chi connectivity index (χ3v) is 7.34. The molecule has 0 aromatic heterocycles. The molecule has 0 heterocycles. The molecule has 0 fully saturated rings. The quantitative estimate of drug-likeness (QED) is 0.218. The summed E-state index contributed by atoms with van der Waals surface area (Å²) >= 11 is 15.2. The van der Waals surface area contributed by atoms with Crippen molar-refractivity contribution >= 4 is 71.0 Å². The van der Waals surface area contributed by atoms with Crippen LogP contribution in [0.4, 0.5) is 0 Å². The van der Waals surface area contributed by atoms with Crippen molar-refractivity contribution < 1.29 is 9.59 Å². The van der Waals surface area contributed by atoms with Gasteiger partial charge in [-0.15, -0.1) is 23.5 Å². The van der Waals surface area contributed by atoms with E-state index in [1.54, 1.807) is 12.4 Å². The van der Waals surface area contributed by atoms with Gasteiger partial charge in [0.1, 0.15) is 0 Å². The van der Waals surface area contributed by atoms with E-state index in [0.717, 1.165) is 22.3 Å². The number of amides is 2. The van der Waals surface area contributed by atoms with Crippen LogP contribution in [-0.4, -0.2) is 35.7 Å². The number of hydrogen-bond acceptors (Lipinski definition) is 6. The molecule has 6 nitrogen and oxygen atoms in total. The van der Waals surface area contributed by atoms with E-state index < -0.39 is 0 Å². The maximum Gasteiger partial charge on any atom is 0.250 e. The van der Waals surface area contributed by atoms with Gasteiger partial charge < -0.3 is 0 Å². The first-order valence-electron chi connectivity index (χ1n) is 10.9. The first kappa shape index (κ1) is 27.8. The molecule has 0 bridgehead atoms. The summed E-state index contributed by atoms with van der Waals surface area (Å²) in [6, 6.07) is 22.5. The minimum atomic E-state index is -0.187. The number of rotatable bonds is 12. The van der Waals surface area contributed by atoms with Gasteiger partial charge in [0.2, 0.25) is 11.8 Å². The lowest BCUT2D eigenvalue weighted by Gasteiger charge is -2.03. The fourth-order valence-corrected chi connectivity index (χ4v) is 5.04. The lowest BCUT2D eigenvalue weighted by atomic mass is 10.2. The van der Waals surface area contributed by atoms with E-state index in [4.69, 9.17) is 23.2 Å². The first-order chi connectivity index (χ1) is 17.5. The molecular formula is C26H24Cl2N4O2S2. The number of benzene rings is 3. The average molecular weight is 560 g/mol. The van der Waals surface area contributed by atoms with Crippen LogP contribution in [0.15, 0.2) is 83.0 Å². The summed E-state index contributed by atoms with van der Waals surface area (Å²) in [5.74, 6) is 1.49. The fourth-order valence-electron chi connectivity index (χ4n) is 2.83. The Labute approximate surface area is 228 Å². The highest BCUT2D eigenvalue weighted by Gasteiger charge is 2.04. The number of halogens is 2. The summed E-state index contributed by atoms with van der Waals surface area (Å²) in [4.78, 5) is 23.9. The van der Waals surface area contributed by atoms with Gasteiger partial charge >= 0.3 is 0 Å². The predicted molar refractivity (Wildman–Crippen MR) is 153 cm³/mol. The van der Waals surface area contributed by atoms with E-state index in [2.05, 4.69) is 21.1 Å². The van der Waals surface area contributed by atoms with E-state index in [-0.39, 0.29) is 23.3 Å². The largest absolute Gasteiger partial charge is 0.272 e. The van der Waals surface area contributed by atoms with Crippen LogP contribution < -0.4 is 10.9 Å². The van der Waals surface area contributed by atoms with E-state index in [1.165, 1.54) is 23.5 Å². The SMILES string of the molecule is O=C(CSCc1ccccc1Cl)N/N=C/c1ccc(/C=N/NC(=O)CSCc2ccccc2Cl)cc1. The molecule has 0 radical (unpaired) electrons. The third-order valence-electron chi connectivity index (χ3n) is 4.64. The van der Waals surface area contributed by atoms with Crippen LogP contribution in [-0.2, 0) is 21.1 Å². The number of hydrogen-bond donors (Lipinski definition) is 2. The second-order valence-electron chi connectivity index (χ2n) is 7.42. The Hall–Kier alpha value is -2.78. The molecule has 0 atom stereocenters. The topological polar surface area (TPSA) is 82.9 Å². The Kier molecular flexibility index (Phi) is 11.9. The van der Waals surface area contributed by atoms with Crippen molar-refractivity contribution in [2.45, 2.75) is 11.5 Å². The van der Waals surface area contributed by atoms with Crippen molar-refractivity contribution in [1.82, 2.24) is 10.9 Å². The standard InChI is InChI=1S/C26H24Cl2N4O2S2/c27-23-7-3-1-5-21(23)15-35-17-25(33)31-29-13-19-9-11-20(12-10-19)14-30-32-26(34)18-36-16-22-6-2-4-8-24(22)28/h1-14H,15-18H2,(H,31,33)(H,32,34)/b29-13+,30-14+. The van der Waals surface area contributed by atoms with Gasteiger partial charge in [-0.05, 0) is 34.4 Å². The second kappa shape index (κ2) is 15.4. The predicted octanol–water partition coefficient (Wildman–Crippen LogP) is 5.76. The monoisotopic (exact) mass is 558 g/mol. The molecule has 10 heteroatoms. The Morgan fingerprint density at radius 2 is 1.06 bits per heavy atom. The molecular weight excluding hydrogens is 535 g/mol. The first-order valence-corrected chi connectivity index (χ1v) is 13.9. The number of hydrazone groups is 2. The maximum absolute atomic E-state index is 12.0. The van der Waals surface area contributed by atoms with Crippen LogP contribution in [0.5, 0.6) is 0 Å². The molecule has 3 rings (SSSR count). The zero-order chi connectivity index (χ0) is 25.6. The highest BCUT2D eigenvalue weighted by atomic mass is 35.5. The second-order valence-corrected chi connectivity index (χ2v) is 10.2. The summed E-state index contributed by atoms with van der Waals surface area (Å²) < 4.78 is 0. The van der Waals surface area contributed by atoms with Crippen LogP contribution in [0.2, 0.25) is 10.0 Å². The zero-order valence-corrected chi connectivity index (χ0v) is 22.3. The Bertz CT molecular complexity index is 1130. The van der Waals surface area contributed by atoms with Gasteiger partial charge in [0.25, 0.3) is 0 Å². The van der Waals surface area contributed by atoms with Crippen molar-refractivity contribution in [1.29, 1.82) is 0 Å². The van der Waals surface area contributed by atoms with Crippen molar-refractivity contribution in [2.24, 2.45) is 10.2 Å². The van der Waals surface area contributed by atoms with Crippen LogP contribution in [0.1, 0.15) is 22.3 Å². The molecule has 0 aliphatic carbocycles. The molecule has 2 amide bonds. The molecule has 0 saturated carbocycles. The van der Waals surface area contributed by atoms with Crippen molar-refractivity contribution in [3.05, 3.63) is 105 Å². The number of carbonyl (C=O) groups excluding carboxylic acids is 2. The fraction of sp³-hybridized carbons (Fsp3) is 0.154. The molecule has 3 aromatic carbocycles. The Morgan fingerprint density at radius 1 is 0.667 bits per heavy atom. The molecule has 0 aliphatic rings. The highest BCUT2D eigenvalue weighted by Crippen LogP contribution is 2.21. The van der Waals surface area contributed by atoms with Gasteiger partial charge in [-0.1, -0.05) is 83.9 Å². The summed E-state index contributed by atoms with van der Waals surface area (Å²) in [5.41, 5.74) is 8.66. The number of nitrogens with one attached hydrogen (secondary N) is 2.